The van der Waals surface area contributed by atoms with Gasteiger partial charge in [-0.1, -0.05) is 6.92 Å². The average Bonchev–Trinajstić information content (AvgIpc) is 2.47. The topological polar surface area (TPSA) is 48.1 Å². The molecule has 0 aliphatic rings. The smallest absolute Gasteiger partial charge is 0.0281 e. The maximum atomic E-state index is 4.38. The van der Waals surface area contributed by atoms with Gasteiger partial charge in [-0.05, 0) is 25.8 Å². The third kappa shape index (κ3) is 10.6. The second-order valence-corrected chi connectivity index (χ2v) is 6.08. The third-order valence-electron chi connectivity index (χ3n) is 3.17. The normalized spacial score (nSPS) is 16.1. The fourth-order valence-electron chi connectivity index (χ4n) is 1.99. The molecule has 0 aliphatic heterocycles. The van der Waals surface area contributed by atoms with Crippen LogP contribution >= 0.6 is 37.9 Å². The van der Waals surface area contributed by atoms with Crippen molar-refractivity contribution < 1.29 is 0 Å². The molecule has 0 aliphatic carbocycles. The van der Waals surface area contributed by atoms with Crippen molar-refractivity contribution in [3.05, 3.63) is 0 Å². The van der Waals surface area contributed by atoms with Crippen LogP contribution in [0, 0.1) is 0 Å². The van der Waals surface area contributed by atoms with E-state index in [4.69, 9.17) is 0 Å². The minimum absolute atomic E-state index is 0.405. The van der Waals surface area contributed by atoms with Crippen molar-refractivity contribution in [3.63, 3.8) is 0 Å². The molecular weight excluding hydrogens is 308 g/mol. The largest absolute Gasteiger partial charge is 0.318 e. The molecule has 4 nitrogen and oxygen atoms in total. The summed E-state index contributed by atoms with van der Waals surface area (Å²) in [4.78, 5) is 0. The first-order valence-electron chi connectivity index (χ1n) is 7.39. The van der Waals surface area contributed by atoms with E-state index in [0.29, 0.717) is 18.1 Å². The molecule has 0 amide bonds. The molecule has 0 saturated carbocycles. The highest BCUT2D eigenvalue weighted by molar-refractivity contribution is 7.80. The molecule has 0 aromatic heterocycles. The quantitative estimate of drug-likeness (QED) is 0.232. The molecule has 0 bridgehead atoms. The summed E-state index contributed by atoms with van der Waals surface area (Å²) in [5, 5.41) is 13.8. The van der Waals surface area contributed by atoms with E-state index < -0.39 is 0 Å². The van der Waals surface area contributed by atoms with E-state index in [-0.39, 0.29) is 0 Å². The first-order valence-corrected chi connectivity index (χ1v) is 9.28. The minimum Gasteiger partial charge on any atom is -0.318 e. The molecule has 122 valence electrons. The minimum atomic E-state index is 0.405. The standard InChI is InChI=1S/C13H32N4S3/c1-3-15-13(10-20)8-16-11(4-5-18)7-17-12(9-19)6-14-2/h11-20H,3-10H2,1-2H3/t11-,12+,13+/m1/s1. The van der Waals surface area contributed by atoms with Crippen molar-refractivity contribution in [2.24, 2.45) is 0 Å². The molecule has 0 saturated heterocycles. The Labute approximate surface area is 141 Å². The van der Waals surface area contributed by atoms with Crippen LogP contribution in [-0.2, 0) is 0 Å². The molecule has 0 aromatic carbocycles. The van der Waals surface area contributed by atoms with Crippen molar-refractivity contribution in [1.82, 2.24) is 21.3 Å². The van der Waals surface area contributed by atoms with Gasteiger partial charge in [0.2, 0.25) is 0 Å². The van der Waals surface area contributed by atoms with Gasteiger partial charge in [-0.15, -0.1) is 0 Å². The summed E-state index contributed by atoms with van der Waals surface area (Å²) in [5.74, 6) is 2.58. The van der Waals surface area contributed by atoms with Gasteiger partial charge in [0.15, 0.2) is 0 Å². The van der Waals surface area contributed by atoms with Gasteiger partial charge in [0.05, 0.1) is 0 Å². The van der Waals surface area contributed by atoms with Crippen LogP contribution in [0.25, 0.3) is 0 Å². The fourth-order valence-corrected chi connectivity index (χ4v) is 2.82. The van der Waals surface area contributed by atoms with E-state index in [9.17, 15) is 0 Å². The molecule has 0 spiro atoms. The van der Waals surface area contributed by atoms with Gasteiger partial charge in [-0.2, -0.15) is 37.9 Å². The van der Waals surface area contributed by atoms with Crippen LogP contribution in [0.15, 0.2) is 0 Å². The number of nitrogens with one attached hydrogen (secondary N) is 4. The van der Waals surface area contributed by atoms with Crippen LogP contribution in [-0.4, -0.2) is 68.6 Å². The first-order chi connectivity index (χ1) is 9.71. The van der Waals surface area contributed by atoms with E-state index >= 15 is 0 Å². The molecule has 0 radical (unpaired) electrons. The summed E-state index contributed by atoms with van der Waals surface area (Å²) in [6, 6.07) is 1.26. The monoisotopic (exact) mass is 340 g/mol. The molecule has 3 atom stereocenters. The molecule has 20 heavy (non-hydrogen) atoms. The number of hydrogen-bond acceptors (Lipinski definition) is 7. The van der Waals surface area contributed by atoms with Gasteiger partial charge in [0, 0.05) is 49.3 Å². The van der Waals surface area contributed by atoms with Crippen LogP contribution in [0.4, 0.5) is 0 Å². The predicted molar refractivity (Wildman–Crippen MR) is 101 cm³/mol. The van der Waals surface area contributed by atoms with Crippen LogP contribution in [0.5, 0.6) is 0 Å². The lowest BCUT2D eigenvalue weighted by atomic mass is 10.2. The van der Waals surface area contributed by atoms with Crippen LogP contribution in [0.3, 0.4) is 0 Å². The van der Waals surface area contributed by atoms with Crippen LogP contribution in [0.1, 0.15) is 13.3 Å². The fraction of sp³-hybridized carbons (Fsp3) is 1.00. The number of likely N-dealkylation sites (N-methyl/N-ethyl adjacent to an activating group) is 2. The molecule has 0 rings (SSSR count). The van der Waals surface area contributed by atoms with E-state index in [2.05, 4.69) is 66.1 Å². The molecular formula is C13H32N4S3. The van der Waals surface area contributed by atoms with Crippen molar-refractivity contribution >= 4 is 37.9 Å². The maximum absolute atomic E-state index is 4.38. The lowest BCUT2D eigenvalue weighted by molar-refractivity contribution is 0.408. The van der Waals surface area contributed by atoms with E-state index in [1.807, 2.05) is 7.05 Å². The average molecular weight is 341 g/mol. The zero-order valence-corrected chi connectivity index (χ0v) is 15.4. The third-order valence-corrected chi connectivity index (χ3v) is 4.31. The highest BCUT2D eigenvalue weighted by Crippen LogP contribution is 1.97. The van der Waals surface area contributed by atoms with Crippen LogP contribution < -0.4 is 21.3 Å². The molecule has 7 heteroatoms. The Kier molecular flexibility index (Phi) is 15.5. The van der Waals surface area contributed by atoms with Gasteiger partial charge >= 0.3 is 0 Å². The van der Waals surface area contributed by atoms with Crippen LogP contribution in [0.2, 0.25) is 0 Å². The molecule has 0 fully saturated rings. The van der Waals surface area contributed by atoms with Crippen molar-refractivity contribution in [2.45, 2.75) is 31.5 Å². The number of hydrogen-bond donors (Lipinski definition) is 7. The zero-order chi connectivity index (χ0) is 15.2. The summed E-state index contributed by atoms with van der Waals surface area (Å²) in [7, 11) is 1.97. The maximum Gasteiger partial charge on any atom is 0.0281 e. The number of rotatable bonds is 14. The van der Waals surface area contributed by atoms with Gasteiger partial charge in [-0.25, -0.2) is 0 Å². The van der Waals surface area contributed by atoms with Gasteiger partial charge < -0.3 is 21.3 Å². The van der Waals surface area contributed by atoms with Gasteiger partial charge in [0.25, 0.3) is 0 Å². The van der Waals surface area contributed by atoms with E-state index in [0.717, 1.165) is 49.9 Å². The Hall–Kier alpha value is 0.890. The molecule has 0 aromatic rings. The second kappa shape index (κ2) is 14.8. The highest BCUT2D eigenvalue weighted by atomic mass is 32.1. The van der Waals surface area contributed by atoms with Crippen molar-refractivity contribution in [3.8, 4) is 0 Å². The van der Waals surface area contributed by atoms with Crippen molar-refractivity contribution in [1.29, 1.82) is 0 Å². The second-order valence-electron chi connectivity index (χ2n) is 4.90. The highest BCUT2D eigenvalue weighted by Gasteiger charge is 2.13. The first kappa shape index (κ1) is 20.9. The van der Waals surface area contributed by atoms with Gasteiger partial charge in [0.1, 0.15) is 0 Å². The summed E-state index contributed by atoms with van der Waals surface area (Å²) in [6.45, 7) is 5.92. The number of thiol groups is 3. The summed E-state index contributed by atoms with van der Waals surface area (Å²) in [6.07, 6.45) is 1.06. The molecule has 4 N–H and O–H groups in total. The Morgan fingerprint density at radius 2 is 1.35 bits per heavy atom. The lowest BCUT2D eigenvalue weighted by Crippen LogP contribution is -2.50. The Morgan fingerprint density at radius 3 is 1.85 bits per heavy atom. The summed E-state index contributed by atoms with van der Waals surface area (Å²) in [5.41, 5.74) is 0. The Balaban J connectivity index is 4.07. The predicted octanol–water partition coefficient (Wildman–Crippen LogP) is 0.280. The van der Waals surface area contributed by atoms with E-state index in [1.54, 1.807) is 0 Å². The molecule has 0 heterocycles. The van der Waals surface area contributed by atoms with E-state index in [1.165, 1.54) is 0 Å². The van der Waals surface area contributed by atoms with Gasteiger partial charge in [-0.3, -0.25) is 0 Å². The Bertz CT molecular complexity index is 192. The Morgan fingerprint density at radius 1 is 0.800 bits per heavy atom. The lowest BCUT2D eigenvalue weighted by Gasteiger charge is -2.25. The van der Waals surface area contributed by atoms with Crippen molar-refractivity contribution in [2.75, 3.05) is 50.5 Å². The SMILES string of the molecule is CCN[C@H](CS)CN[C@H](CCS)CN[C@H](CS)CNC. The zero-order valence-electron chi connectivity index (χ0n) is 12.7. The molecule has 0 unspecified atom stereocenters. The summed E-state index contributed by atoms with van der Waals surface area (Å²) < 4.78 is 0. The summed E-state index contributed by atoms with van der Waals surface area (Å²) >= 11 is 13.1.